The van der Waals surface area contributed by atoms with E-state index in [0.717, 1.165) is 15.7 Å². The summed E-state index contributed by atoms with van der Waals surface area (Å²) in [4.78, 5) is 38.3. The van der Waals surface area contributed by atoms with E-state index < -0.39 is 11.2 Å². The molecule has 0 saturated heterocycles. The summed E-state index contributed by atoms with van der Waals surface area (Å²) in [5.41, 5.74) is 1.13. The number of aromatic amines is 1. The number of carbonyl (C=O) groups is 1. The first-order valence-corrected chi connectivity index (χ1v) is 6.42. The lowest BCUT2D eigenvalue weighted by atomic mass is 10.1. The summed E-state index contributed by atoms with van der Waals surface area (Å²) in [6.45, 7) is 5.09. The Bertz CT molecular complexity index is 784. The van der Waals surface area contributed by atoms with Crippen molar-refractivity contribution in [3.63, 3.8) is 0 Å². The maximum absolute atomic E-state index is 12.4. The molecule has 0 amide bonds. The van der Waals surface area contributed by atoms with Gasteiger partial charge in [-0.05, 0) is 31.4 Å². The minimum absolute atomic E-state index is 0.0186. The zero-order valence-corrected chi connectivity index (χ0v) is 11.7. The number of Topliss-reactive ketones (excluding diaryl/α,β-unsaturated/α-hetero) is 1. The Kier molecular flexibility index (Phi) is 3.70. The summed E-state index contributed by atoms with van der Waals surface area (Å²) in [6, 6.07) is 5.58. The first kappa shape index (κ1) is 14.0. The van der Waals surface area contributed by atoms with Crippen molar-refractivity contribution in [3.05, 3.63) is 61.9 Å². The Hall–Kier alpha value is -2.43. The smallest absolute Gasteiger partial charge is 0.313 e. The fourth-order valence-electron chi connectivity index (χ4n) is 2.25. The quantitative estimate of drug-likeness (QED) is 0.863. The molecule has 20 heavy (non-hydrogen) atoms. The van der Waals surface area contributed by atoms with Gasteiger partial charge in [0.15, 0.2) is 5.78 Å². The normalized spacial score (nSPS) is 10.6. The number of H-pyrrole nitrogens is 1. The number of nitrogens with zero attached hydrogens (tertiary/aromatic N) is 1. The van der Waals surface area contributed by atoms with E-state index in [4.69, 9.17) is 0 Å². The molecule has 0 atom stereocenters. The molecule has 1 N–H and O–H groups in total. The highest BCUT2D eigenvalue weighted by atomic mass is 16.2. The molecule has 2 aromatic rings. The van der Waals surface area contributed by atoms with Crippen molar-refractivity contribution in [1.29, 1.82) is 0 Å². The van der Waals surface area contributed by atoms with Crippen molar-refractivity contribution in [2.24, 2.45) is 0 Å². The molecular formula is C15H16N2O3. The van der Waals surface area contributed by atoms with Gasteiger partial charge in [-0.2, -0.15) is 0 Å². The average molecular weight is 272 g/mol. The van der Waals surface area contributed by atoms with Crippen molar-refractivity contribution in [3.8, 4) is 5.69 Å². The molecule has 0 fully saturated rings. The van der Waals surface area contributed by atoms with E-state index in [9.17, 15) is 14.4 Å². The minimum atomic E-state index is -0.578. The van der Waals surface area contributed by atoms with E-state index in [1.807, 2.05) is 32.0 Å². The second-order valence-corrected chi connectivity index (χ2v) is 4.64. The zero-order chi connectivity index (χ0) is 14.9. The van der Waals surface area contributed by atoms with E-state index in [1.165, 1.54) is 13.1 Å². The number of rotatable bonds is 3. The van der Waals surface area contributed by atoms with Crippen molar-refractivity contribution in [2.75, 3.05) is 0 Å². The van der Waals surface area contributed by atoms with Crippen molar-refractivity contribution >= 4 is 5.78 Å². The first-order chi connectivity index (χ1) is 9.47. The Balaban J connectivity index is 2.91. The molecule has 0 aliphatic heterocycles. The molecule has 0 radical (unpaired) electrons. The van der Waals surface area contributed by atoms with Gasteiger partial charge in [0.05, 0.1) is 11.3 Å². The molecule has 5 nitrogen and oxygen atoms in total. The highest BCUT2D eigenvalue weighted by Gasteiger charge is 2.16. The standard InChI is InChI=1S/C15H16N2O3/c1-4-11-7-5-6-9(2)13(11)17-14(19)12(10(3)18)8-16-15(17)20/h5-8H,4H2,1-3H3,(H,16,20). The third kappa shape index (κ3) is 2.22. The van der Waals surface area contributed by atoms with Crippen LogP contribution in [0.4, 0.5) is 0 Å². The number of hydrogen-bond donors (Lipinski definition) is 1. The predicted molar refractivity (Wildman–Crippen MR) is 76.8 cm³/mol. The number of hydrogen-bond acceptors (Lipinski definition) is 3. The van der Waals surface area contributed by atoms with E-state index in [2.05, 4.69) is 4.98 Å². The minimum Gasteiger partial charge on any atom is -0.313 e. The van der Waals surface area contributed by atoms with Crippen LogP contribution in [0.15, 0.2) is 34.0 Å². The summed E-state index contributed by atoms with van der Waals surface area (Å²) in [7, 11) is 0. The van der Waals surface area contributed by atoms with Gasteiger partial charge in [-0.3, -0.25) is 9.59 Å². The molecule has 0 saturated carbocycles. The maximum Gasteiger partial charge on any atom is 0.333 e. The molecule has 1 aromatic carbocycles. The number of benzene rings is 1. The van der Waals surface area contributed by atoms with Crippen LogP contribution < -0.4 is 11.2 Å². The number of aryl methyl sites for hydroxylation is 2. The number of para-hydroxylation sites is 1. The van der Waals surface area contributed by atoms with Gasteiger partial charge >= 0.3 is 5.69 Å². The Morgan fingerprint density at radius 3 is 2.60 bits per heavy atom. The monoisotopic (exact) mass is 272 g/mol. The molecule has 0 unspecified atom stereocenters. The van der Waals surface area contributed by atoms with Crippen LogP contribution in [0.5, 0.6) is 0 Å². The largest absolute Gasteiger partial charge is 0.333 e. The lowest BCUT2D eigenvalue weighted by Crippen LogP contribution is -2.37. The van der Waals surface area contributed by atoms with Gasteiger partial charge in [0.25, 0.3) is 5.56 Å². The zero-order valence-electron chi connectivity index (χ0n) is 11.7. The lowest BCUT2D eigenvalue weighted by molar-refractivity contribution is 0.101. The van der Waals surface area contributed by atoms with E-state index in [1.54, 1.807) is 0 Å². The Morgan fingerprint density at radius 1 is 1.30 bits per heavy atom. The second-order valence-electron chi connectivity index (χ2n) is 4.64. The van der Waals surface area contributed by atoms with E-state index in [0.29, 0.717) is 12.1 Å². The molecule has 0 aliphatic carbocycles. The summed E-state index contributed by atoms with van der Waals surface area (Å²) in [5, 5.41) is 0. The molecule has 0 aliphatic rings. The van der Waals surface area contributed by atoms with Crippen LogP contribution >= 0.6 is 0 Å². The fraction of sp³-hybridized carbons (Fsp3) is 0.267. The molecule has 5 heteroatoms. The Morgan fingerprint density at radius 2 is 2.00 bits per heavy atom. The van der Waals surface area contributed by atoms with Crippen LogP contribution in [0.1, 0.15) is 35.3 Å². The number of carbonyl (C=O) groups excluding carboxylic acids is 1. The van der Waals surface area contributed by atoms with Gasteiger partial charge in [-0.1, -0.05) is 25.1 Å². The fourth-order valence-corrected chi connectivity index (χ4v) is 2.25. The second kappa shape index (κ2) is 5.28. The third-order valence-electron chi connectivity index (χ3n) is 3.28. The highest BCUT2D eigenvalue weighted by Crippen LogP contribution is 2.17. The van der Waals surface area contributed by atoms with Gasteiger partial charge in [-0.15, -0.1) is 0 Å². The number of ketones is 1. The average Bonchev–Trinajstić information content (AvgIpc) is 2.39. The molecule has 2 rings (SSSR count). The SMILES string of the molecule is CCc1cccc(C)c1-n1c(=O)[nH]cc(C(C)=O)c1=O. The van der Waals surface area contributed by atoms with Gasteiger partial charge < -0.3 is 4.98 Å². The number of nitrogens with one attached hydrogen (secondary N) is 1. The van der Waals surface area contributed by atoms with Crippen LogP contribution in [0.2, 0.25) is 0 Å². The van der Waals surface area contributed by atoms with Gasteiger partial charge in [-0.25, -0.2) is 9.36 Å². The van der Waals surface area contributed by atoms with Crippen molar-refractivity contribution < 1.29 is 4.79 Å². The van der Waals surface area contributed by atoms with Crippen LogP contribution in [0.25, 0.3) is 5.69 Å². The van der Waals surface area contributed by atoms with Gasteiger partial charge in [0.1, 0.15) is 0 Å². The van der Waals surface area contributed by atoms with Crippen LogP contribution in [-0.4, -0.2) is 15.3 Å². The molecule has 1 aromatic heterocycles. The molecule has 104 valence electrons. The predicted octanol–water partition coefficient (Wildman–Crippen LogP) is 1.60. The van der Waals surface area contributed by atoms with Crippen molar-refractivity contribution in [1.82, 2.24) is 9.55 Å². The van der Waals surface area contributed by atoms with E-state index in [-0.39, 0.29) is 11.3 Å². The number of aromatic nitrogens is 2. The highest BCUT2D eigenvalue weighted by molar-refractivity contribution is 5.93. The molecule has 0 bridgehead atoms. The third-order valence-corrected chi connectivity index (χ3v) is 3.28. The maximum atomic E-state index is 12.4. The van der Waals surface area contributed by atoms with Gasteiger partial charge in [0.2, 0.25) is 0 Å². The summed E-state index contributed by atoms with van der Waals surface area (Å²) < 4.78 is 1.05. The summed E-state index contributed by atoms with van der Waals surface area (Å²) in [5.74, 6) is -0.369. The topological polar surface area (TPSA) is 71.9 Å². The van der Waals surface area contributed by atoms with Crippen LogP contribution in [0.3, 0.4) is 0 Å². The van der Waals surface area contributed by atoms with Gasteiger partial charge in [0, 0.05) is 6.20 Å². The summed E-state index contributed by atoms with van der Waals surface area (Å²) >= 11 is 0. The molecule has 0 spiro atoms. The van der Waals surface area contributed by atoms with Crippen LogP contribution in [-0.2, 0) is 6.42 Å². The first-order valence-electron chi connectivity index (χ1n) is 6.42. The molecular weight excluding hydrogens is 256 g/mol. The van der Waals surface area contributed by atoms with Crippen LogP contribution in [0, 0.1) is 6.92 Å². The summed E-state index contributed by atoms with van der Waals surface area (Å²) in [6.07, 6.45) is 1.86. The van der Waals surface area contributed by atoms with Crippen molar-refractivity contribution in [2.45, 2.75) is 27.2 Å². The molecule has 1 heterocycles. The van der Waals surface area contributed by atoms with E-state index >= 15 is 0 Å². The lowest BCUT2D eigenvalue weighted by Gasteiger charge is -2.13. The Labute approximate surface area is 115 Å².